The summed E-state index contributed by atoms with van der Waals surface area (Å²) >= 11 is 3.34. The van der Waals surface area contributed by atoms with E-state index in [4.69, 9.17) is 5.11 Å². The van der Waals surface area contributed by atoms with Crippen LogP contribution in [0.15, 0.2) is 0 Å². The Kier molecular flexibility index (Phi) is 2.28. The van der Waals surface area contributed by atoms with E-state index in [0.29, 0.717) is 6.04 Å². The van der Waals surface area contributed by atoms with Gasteiger partial charge in [-0.25, -0.2) is 3.93 Å². The highest BCUT2D eigenvalue weighted by atomic mass is 79.9. The minimum absolute atomic E-state index is 0.283. The second-order valence-electron chi connectivity index (χ2n) is 2.10. The first-order valence-electron chi connectivity index (χ1n) is 2.88. The van der Waals surface area contributed by atoms with Gasteiger partial charge < -0.3 is 5.11 Å². The molecule has 0 aromatic heterocycles. The lowest BCUT2D eigenvalue weighted by atomic mass is 10.2. The van der Waals surface area contributed by atoms with Crippen molar-refractivity contribution in [3.8, 4) is 0 Å². The highest BCUT2D eigenvalue weighted by Crippen LogP contribution is 2.19. The molecule has 1 aliphatic heterocycles. The fourth-order valence-corrected chi connectivity index (χ4v) is 1.57. The van der Waals surface area contributed by atoms with E-state index in [9.17, 15) is 0 Å². The van der Waals surface area contributed by atoms with Crippen molar-refractivity contribution in [2.75, 3.05) is 13.2 Å². The lowest BCUT2D eigenvalue weighted by Crippen LogP contribution is -2.22. The monoisotopic (exact) mass is 179 g/mol. The zero-order chi connectivity index (χ0) is 5.98. The molecule has 0 aromatic carbocycles. The Balaban J connectivity index is 2.30. The standard InChI is InChI=1S/C5H10BrNO/c6-7-3-1-2-5(7)4-8/h5,8H,1-4H2/t5-/m0/s1. The van der Waals surface area contributed by atoms with Crippen LogP contribution in [0.4, 0.5) is 0 Å². The third-order valence-corrected chi connectivity index (χ3v) is 2.45. The molecule has 0 unspecified atom stereocenters. The van der Waals surface area contributed by atoms with Crippen molar-refractivity contribution in [1.29, 1.82) is 0 Å². The Morgan fingerprint density at radius 2 is 2.50 bits per heavy atom. The van der Waals surface area contributed by atoms with Gasteiger partial charge in [0.25, 0.3) is 0 Å². The van der Waals surface area contributed by atoms with Crippen molar-refractivity contribution in [2.45, 2.75) is 18.9 Å². The number of hydrogen-bond acceptors (Lipinski definition) is 2. The number of halogens is 1. The van der Waals surface area contributed by atoms with Gasteiger partial charge in [0.1, 0.15) is 0 Å². The van der Waals surface area contributed by atoms with E-state index in [1.165, 1.54) is 6.42 Å². The maximum absolute atomic E-state index is 8.66. The van der Waals surface area contributed by atoms with Crippen LogP contribution in [-0.2, 0) is 0 Å². The highest BCUT2D eigenvalue weighted by Gasteiger charge is 2.20. The van der Waals surface area contributed by atoms with Gasteiger partial charge in [0.2, 0.25) is 0 Å². The maximum Gasteiger partial charge on any atom is 0.0596 e. The maximum atomic E-state index is 8.66. The van der Waals surface area contributed by atoms with Crippen molar-refractivity contribution in [1.82, 2.24) is 3.93 Å². The van der Waals surface area contributed by atoms with Gasteiger partial charge in [0.05, 0.1) is 6.61 Å². The first-order valence-corrected chi connectivity index (χ1v) is 3.59. The number of nitrogens with zero attached hydrogens (tertiary/aromatic N) is 1. The molecule has 1 saturated heterocycles. The van der Waals surface area contributed by atoms with Crippen LogP contribution in [0.5, 0.6) is 0 Å². The van der Waals surface area contributed by atoms with Crippen LogP contribution in [0.1, 0.15) is 12.8 Å². The highest BCUT2D eigenvalue weighted by molar-refractivity contribution is 9.07. The average Bonchev–Trinajstić information content (AvgIpc) is 2.14. The van der Waals surface area contributed by atoms with Crippen molar-refractivity contribution in [3.05, 3.63) is 0 Å². The Hall–Kier alpha value is 0.400. The molecule has 0 saturated carbocycles. The van der Waals surface area contributed by atoms with Crippen molar-refractivity contribution < 1.29 is 5.11 Å². The summed E-state index contributed by atoms with van der Waals surface area (Å²) in [5, 5.41) is 8.66. The summed E-state index contributed by atoms with van der Waals surface area (Å²) in [6, 6.07) is 0.370. The van der Waals surface area contributed by atoms with E-state index < -0.39 is 0 Å². The third kappa shape index (κ3) is 1.21. The van der Waals surface area contributed by atoms with Crippen LogP contribution in [0.3, 0.4) is 0 Å². The summed E-state index contributed by atoms with van der Waals surface area (Å²) in [6.45, 7) is 1.36. The van der Waals surface area contributed by atoms with Crippen LogP contribution in [0.25, 0.3) is 0 Å². The zero-order valence-electron chi connectivity index (χ0n) is 4.68. The van der Waals surface area contributed by atoms with E-state index in [1.54, 1.807) is 0 Å². The molecule has 0 bridgehead atoms. The molecule has 0 amide bonds. The van der Waals surface area contributed by atoms with E-state index >= 15 is 0 Å². The van der Waals surface area contributed by atoms with Crippen LogP contribution in [0.2, 0.25) is 0 Å². The van der Waals surface area contributed by atoms with Gasteiger partial charge in [-0.05, 0) is 12.8 Å². The first kappa shape index (κ1) is 6.52. The molecule has 0 aliphatic carbocycles. The SMILES string of the molecule is OC[C@@H]1CCCN1Br. The van der Waals surface area contributed by atoms with E-state index in [0.717, 1.165) is 13.0 Å². The van der Waals surface area contributed by atoms with Crippen molar-refractivity contribution >= 4 is 16.1 Å². The van der Waals surface area contributed by atoms with E-state index in [2.05, 4.69) is 16.1 Å². The lowest BCUT2D eigenvalue weighted by Gasteiger charge is -2.12. The molecule has 1 rings (SSSR count). The van der Waals surface area contributed by atoms with Gasteiger partial charge >= 0.3 is 0 Å². The molecule has 1 aliphatic rings. The molecule has 1 heterocycles. The summed E-state index contributed by atoms with van der Waals surface area (Å²) in [4.78, 5) is 0. The number of aliphatic hydroxyl groups excluding tert-OH is 1. The molecule has 48 valence electrons. The largest absolute Gasteiger partial charge is 0.395 e. The van der Waals surface area contributed by atoms with E-state index in [-0.39, 0.29) is 6.61 Å². The molecular formula is C5H10BrNO. The summed E-state index contributed by atoms with van der Waals surface area (Å²) < 4.78 is 2.02. The van der Waals surface area contributed by atoms with Crippen LogP contribution in [-0.4, -0.2) is 28.2 Å². The Morgan fingerprint density at radius 1 is 1.75 bits per heavy atom. The minimum Gasteiger partial charge on any atom is -0.395 e. The summed E-state index contributed by atoms with van der Waals surface area (Å²) in [5.41, 5.74) is 0. The van der Waals surface area contributed by atoms with Gasteiger partial charge in [-0.15, -0.1) is 0 Å². The topological polar surface area (TPSA) is 23.5 Å². The summed E-state index contributed by atoms with van der Waals surface area (Å²) in [7, 11) is 0. The van der Waals surface area contributed by atoms with E-state index in [1.807, 2.05) is 3.93 Å². The summed E-state index contributed by atoms with van der Waals surface area (Å²) in [5.74, 6) is 0. The second kappa shape index (κ2) is 2.80. The molecule has 1 atom stereocenters. The zero-order valence-corrected chi connectivity index (χ0v) is 6.26. The normalized spacial score (nSPS) is 31.5. The molecule has 1 N–H and O–H groups in total. The van der Waals surface area contributed by atoms with Gasteiger partial charge in [0.15, 0.2) is 0 Å². The van der Waals surface area contributed by atoms with Crippen molar-refractivity contribution in [2.24, 2.45) is 0 Å². The quantitative estimate of drug-likeness (QED) is 0.602. The van der Waals surface area contributed by atoms with Gasteiger partial charge in [-0.3, -0.25) is 0 Å². The van der Waals surface area contributed by atoms with Crippen LogP contribution in [0, 0.1) is 0 Å². The molecule has 1 fully saturated rings. The Bertz CT molecular complexity index is 78.8. The molecular weight excluding hydrogens is 170 g/mol. The molecule has 2 nitrogen and oxygen atoms in total. The van der Waals surface area contributed by atoms with Crippen LogP contribution < -0.4 is 0 Å². The van der Waals surface area contributed by atoms with Gasteiger partial charge in [-0.1, -0.05) is 0 Å². The summed E-state index contributed by atoms with van der Waals surface area (Å²) in [6.07, 6.45) is 2.33. The number of hydrogen-bond donors (Lipinski definition) is 1. The lowest BCUT2D eigenvalue weighted by molar-refractivity contribution is 0.224. The third-order valence-electron chi connectivity index (χ3n) is 1.52. The number of aliphatic hydroxyl groups is 1. The average molecular weight is 180 g/mol. The molecule has 0 aromatic rings. The molecule has 0 radical (unpaired) electrons. The van der Waals surface area contributed by atoms with Gasteiger partial charge in [-0.2, -0.15) is 0 Å². The predicted octanol–water partition coefficient (Wildman–Crippen LogP) is 0.753. The van der Waals surface area contributed by atoms with Crippen molar-refractivity contribution in [3.63, 3.8) is 0 Å². The fraction of sp³-hybridized carbons (Fsp3) is 1.00. The predicted molar refractivity (Wildman–Crippen MR) is 35.7 cm³/mol. The first-order chi connectivity index (χ1) is 3.84. The Morgan fingerprint density at radius 3 is 2.75 bits per heavy atom. The van der Waals surface area contributed by atoms with Crippen LogP contribution >= 0.6 is 16.1 Å². The molecule has 8 heavy (non-hydrogen) atoms. The number of rotatable bonds is 1. The fourth-order valence-electron chi connectivity index (χ4n) is 0.980. The van der Waals surface area contributed by atoms with Gasteiger partial charge in [0, 0.05) is 28.7 Å². The second-order valence-corrected chi connectivity index (χ2v) is 3.01. The Labute approximate surface area is 57.8 Å². The molecule has 3 heteroatoms. The molecule has 0 spiro atoms. The smallest absolute Gasteiger partial charge is 0.0596 e. The minimum atomic E-state index is 0.283.